The quantitative estimate of drug-likeness (QED) is 0.441. The molecule has 5 rings (SSSR count). The molecule has 1 aromatic carbocycles. The van der Waals surface area contributed by atoms with Crippen LogP contribution < -0.4 is 11.1 Å². The number of β-amino-alcohol motifs (C(OH)–C–C–N with tert-alkyl or cyclic N) is 1. The highest BCUT2D eigenvalue weighted by Crippen LogP contribution is 2.32. The number of piperidine rings is 1. The number of aliphatic hydroxyl groups is 1. The van der Waals surface area contributed by atoms with Crippen molar-refractivity contribution in [2.45, 2.75) is 18.4 Å². The first-order chi connectivity index (χ1) is 13.1. The van der Waals surface area contributed by atoms with Gasteiger partial charge >= 0.3 is 0 Å². The Morgan fingerprint density at radius 1 is 1.00 bits per heavy atom. The van der Waals surface area contributed by atoms with Crippen LogP contribution in [0.1, 0.15) is 18.4 Å². The summed E-state index contributed by atoms with van der Waals surface area (Å²) in [6, 6.07) is 12.1. The van der Waals surface area contributed by atoms with E-state index < -0.39 is 5.60 Å². The van der Waals surface area contributed by atoms with Gasteiger partial charge in [0, 0.05) is 29.1 Å². The van der Waals surface area contributed by atoms with E-state index in [1.807, 2.05) is 24.4 Å². The van der Waals surface area contributed by atoms with Crippen molar-refractivity contribution >= 4 is 27.8 Å². The molecule has 1 unspecified atom stereocenters. The van der Waals surface area contributed by atoms with Crippen LogP contribution in [0.3, 0.4) is 0 Å². The van der Waals surface area contributed by atoms with Gasteiger partial charge in [-0.05, 0) is 42.6 Å². The van der Waals surface area contributed by atoms with E-state index in [-0.39, 0.29) is 0 Å². The third kappa shape index (κ3) is 2.74. The maximum atomic E-state index is 10.9. The van der Waals surface area contributed by atoms with Gasteiger partial charge in [-0.15, -0.1) is 0 Å². The fraction of sp³-hybridized carbons (Fsp3) is 0.238. The Labute approximate surface area is 156 Å². The lowest BCUT2D eigenvalue weighted by atomic mass is 9.86. The van der Waals surface area contributed by atoms with Gasteiger partial charge in [-0.2, -0.15) is 0 Å². The minimum atomic E-state index is -0.777. The molecule has 4 heterocycles. The van der Waals surface area contributed by atoms with E-state index in [0.717, 1.165) is 58.0 Å². The molecule has 1 fully saturated rings. The first-order valence-electron chi connectivity index (χ1n) is 9.19. The smallest absolute Gasteiger partial charge is 0.138 e. The van der Waals surface area contributed by atoms with Gasteiger partial charge in [0.05, 0.1) is 11.7 Å². The summed E-state index contributed by atoms with van der Waals surface area (Å²) in [4.78, 5) is 12.0. The molecule has 0 aliphatic carbocycles. The largest absolute Gasteiger partial charge is 0.384 e. The highest BCUT2D eigenvalue weighted by molar-refractivity contribution is 6.07. The van der Waals surface area contributed by atoms with Crippen molar-refractivity contribution < 1.29 is 5.11 Å². The van der Waals surface area contributed by atoms with Crippen LogP contribution in [0.4, 0.5) is 5.82 Å². The second kappa shape index (κ2) is 6.04. The van der Waals surface area contributed by atoms with Crippen molar-refractivity contribution in [3.63, 3.8) is 0 Å². The maximum absolute atomic E-state index is 10.9. The van der Waals surface area contributed by atoms with Gasteiger partial charge < -0.3 is 21.1 Å². The number of hydrogen-bond donors (Lipinski definition) is 4. The molecular weight excluding hydrogens is 338 g/mol. The average Bonchev–Trinajstić information content (AvgIpc) is 3.06. The molecule has 136 valence electrons. The predicted molar refractivity (Wildman–Crippen MR) is 107 cm³/mol. The fourth-order valence-electron chi connectivity index (χ4n) is 3.96. The van der Waals surface area contributed by atoms with Crippen LogP contribution in [0.5, 0.6) is 0 Å². The number of H-pyrrole nitrogens is 1. The predicted octanol–water partition coefficient (Wildman–Crippen LogP) is 2.93. The summed E-state index contributed by atoms with van der Waals surface area (Å²) in [5.41, 5.74) is 9.86. The summed E-state index contributed by atoms with van der Waals surface area (Å²) in [5, 5.41) is 16.2. The lowest BCUT2D eigenvalue weighted by molar-refractivity contribution is 0.0123. The number of hydrogen-bond acceptors (Lipinski definition) is 5. The molecule has 6 heteroatoms. The topological polar surface area (TPSA) is 99.9 Å². The third-order valence-electron chi connectivity index (χ3n) is 5.47. The molecule has 0 amide bonds. The third-order valence-corrected chi connectivity index (χ3v) is 5.47. The Kier molecular flexibility index (Phi) is 3.63. The maximum Gasteiger partial charge on any atom is 0.138 e. The van der Waals surface area contributed by atoms with E-state index in [1.54, 1.807) is 6.20 Å². The Morgan fingerprint density at radius 3 is 2.63 bits per heavy atom. The minimum absolute atomic E-state index is 0.493. The van der Waals surface area contributed by atoms with Crippen LogP contribution in [-0.2, 0) is 5.60 Å². The van der Waals surface area contributed by atoms with Crippen LogP contribution in [-0.4, -0.2) is 33.1 Å². The minimum Gasteiger partial charge on any atom is -0.384 e. The zero-order chi connectivity index (χ0) is 18.4. The van der Waals surface area contributed by atoms with E-state index in [0.29, 0.717) is 12.4 Å². The summed E-state index contributed by atoms with van der Waals surface area (Å²) in [5.74, 6) is 0.493. The monoisotopic (exact) mass is 359 g/mol. The van der Waals surface area contributed by atoms with Crippen molar-refractivity contribution in [2.75, 3.05) is 18.8 Å². The van der Waals surface area contributed by atoms with Crippen LogP contribution in [0.25, 0.3) is 33.1 Å². The van der Waals surface area contributed by atoms with Crippen LogP contribution in [0.2, 0.25) is 0 Å². The Balaban J connectivity index is 1.55. The summed E-state index contributed by atoms with van der Waals surface area (Å²) < 4.78 is 0. The van der Waals surface area contributed by atoms with E-state index >= 15 is 0 Å². The van der Waals surface area contributed by atoms with Crippen LogP contribution in [0.15, 0.2) is 48.8 Å². The lowest BCUT2D eigenvalue weighted by Crippen LogP contribution is -2.43. The van der Waals surface area contributed by atoms with Crippen molar-refractivity contribution in [2.24, 2.45) is 0 Å². The number of nitrogens with two attached hydrogens (primary N) is 1. The van der Waals surface area contributed by atoms with E-state index in [9.17, 15) is 5.11 Å². The summed E-state index contributed by atoms with van der Waals surface area (Å²) in [7, 11) is 0. The van der Waals surface area contributed by atoms with Crippen LogP contribution >= 0.6 is 0 Å². The number of pyridine rings is 2. The average molecular weight is 359 g/mol. The van der Waals surface area contributed by atoms with Gasteiger partial charge in [0.2, 0.25) is 0 Å². The van der Waals surface area contributed by atoms with Gasteiger partial charge in [-0.25, -0.2) is 9.97 Å². The lowest BCUT2D eigenvalue weighted by Gasteiger charge is -2.33. The first kappa shape index (κ1) is 16.2. The second-order valence-corrected chi connectivity index (χ2v) is 7.29. The molecule has 0 radical (unpaired) electrons. The molecule has 0 saturated carbocycles. The van der Waals surface area contributed by atoms with Crippen molar-refractivity contribution in [3.8, 4) is 11.1 Å². The molecule has 0 bridgehead atoms. The zero-order valence-corrected chi connectivity index (χ0v) is 14.9. The molecular formula is C21H21N5O. The summed E-state index contributed by atoms with van der Waals surface area (Å²) in [6.07, 6.45) is 5.37. The first-order valence-corrected chi connectivity index (χ1v) is 9.19. The molecule has 4 aromatic rings. The Morgan fingerprint density at radius 2 is 1.85 bits per heavy atom. The number of benzene rings is 1. The van der Waals surface area contributed by atoms with Gasteiger partial charge in [0.1, 0.15) is 17.1 Å². The summed E-state index contributed by atoms with van der Waals surface area (Å²) in [6.45, 7) is 1.57. The zero-order valence-electron chi connectivity index (χ0n) is 14.9. The van der Waals surface area contributed by atoms with Crippen molar-refractivity contribution in [1.82, 2.24) is 20.3 Å². The molecule has 1 atom stereocenters. The standard InChI is InChI=1S/C21H21N5O/c22-19-9-16-17-8-14(10-25-20(17)26-18(16)11-24-19)13-2-4-15(5-3-13)21(27)6-1-7-23-12-21/h2-5,8-11,23,27H,1,6-7,12H2,(H2,22,24)(H,25,26). The number of fused-ring (bicyclic) bond motifs is 3. The number of aromatic nitrogens is 3. The molecule has 0 spiro atoms. The van der Waals surface area contributed by atoms with E-state index in [2.05, 4.69) is 38.5 Å². The van der Waals surface area contributed by atoms with Gasteiger partial charge in [-0.3, -0.25) is 0 Å². The molecule has 3 aromatic heterocycles. The number of nitrogens with zero attached hydrogens (tertiary/aromatic N) is 2. The molecule has 1 saturated heterocycles. The van der Waals surface area contributed by atoms with Gasteiger partial charge in [-0.1, -0.05) is 24.3 Å². The van der Waals surface area contributed by atoms with Crippen molar-refractivity contribution in [3.05, 3.63) is 54.4 Å². The SMILES string of the molecule is Nc1cc2c(cn1)[nH]c1ncc(-c3ccc(C4(O)CCCNC4)cc3)cc12. The highest BCUT2D eigenvalue weighted by atomic mass is 16.3. The van der Waals surface area contributed by atoms with Gasteiger partial charge in [0.25, 0.3) is 0 Å². The Bertz CT molecular complexity index is 1130. The number of aromatic amines is 1. The van der Waals surface area contributed by atoms with E-state index in [1.165, 1.54) is 0 Å². The van der Waals surface area contributed by atoms with Gasteiger partial charge in [0.15, 0.2) is 0 Å². The highest BCUT2D eigenvalue weighted by Gasteiger charge is 2.30. The number of anilines is 1. The van der Waals surface area contributed by atoms with Crippen molar-refractivity contribution in [1.29, 1.82) is 0 Å². The number of nitrogen functional groups attached to an aromatic ring is 1. The fourth-order valence-corrected chi connectivity index (χ4v) is 3.96. The molecule has 1 aliphatic heterocycles. The second-order valence-electron chi connectivity index (χ2n) is 7.29. The van der Waals surface area contributed by atoms with Crippen LogP contribution in [0, 0.1) is 0 Å². The number of rotatable bonds is 2. The number of nitrogens with one attached hydrogen (secondary N) is 2. The summed E-state index contributed by atoms with van der Waals surface area (Å²) >= 11 is 0. The normalized spacial score (nSPS) is 20.3. The molecule has 5 N–H and O–H groups in total. The Hall–Kier alpha value is -2.96. The molecule has 27 heavy (non-hydrogen) atoms. The molecule has 1 aliphatic rings. The van der Waals surface area contributed by atoms with E-state index in [4.69, 9.17) is 5.73 Å². The molecule has 6 nitrogen and oxygen atoms in total.